The fourth-order valence-corrected chi connectivity index (χ4v) is 2.96. The second-order valence-corrected chi connectivity index (χ2v) is 7.01. The van der Waals surface area contributed by atoms with Crippen molar-refractivity contribution in [1.29, 1.82) is 0 Å². The Morgan fingerprint density at radius 2 is 1.68 bits per heavy atom. The third-order valence-electron chi connectivity index (χ3n) is 4.47. The fourth-order valence-electron chi connectivity index (χ4n) is 2.96. The Balaban J connectivity index is 0.00000392. The maximum Gasteiger partial charge on any atom is 0.416 e. The molecule has 1 aromatic carbocycles. The van der Waals surface area contributed by atoms with Gasteiger partial charge in [0.25, 0.3) is 0 Å². The lowest BCUT2D eigenvalue weighted by molar-refractivity contribution is -0.137. The highest BCUT2D eigenvalue weighted by Crippen LogP contribution is 2.31. The van der Waals surface area contributed by atoms with E-state index in [2.05, 4.69) is 34.4 Å². The number of hydrogen-bond acceptors (Lipinski definition) is 3. The number of rotatable bonds is 6. The second kappa shape index (κ2) is 11.8. The Morgan fingerprint density at radius 1 is 1.11 bits per heavy atom. The van der Waals surface area contributed by atoms with E-state index >= 15 is 0 Å². The van der Waals surface area contributed by atoms with Gasteiger partial charge in [-0.1, -0.05) is 26.0 Å². The molecular formula is C19H30F3IN4O. The molecule has 0 spiro atoms. The molecule has 1 fully saturated rings. The number of benzene rings is 1. The number of morpholine rings is 1. The summed E-state index contributed by atoms with van der Waals surface area (Å²) in [5.74, 6) is 1.17. The van der Waals surface area contributed by atoms with Crippen LogP contribution < -0.4 is 10.6 Å². The molecule has 0 aromatic heterocycles. The second-order valence-electron chi connectivity index (χ2n) is 7.01. The molecule has 1 saturated heterocycles. The van der Waals surface area contributed by atoms with Crippen LogP contribution in [0.2, 0.25) is 0 Å². The van der Waals surface area contributed by atoms with Crippen LogP contribution in [0.15, 0.2) is 29.3 Å². The van der Waals surface area contributed by atoms with Crippen molar-refractivity contribution in [2.75, 3.05) is 46.4 Å². The van der Waals surface area contributed by atoms with Crippen LogP contribution in [0.1, 0.15) is 31.0 Å². The smallest absolute Gasteiger partial charge is 0.379 e. The van der Waals surface area contributed by atoms with Gasteiger partial charge in [0.1, 0.15) is 0 Å². The van der Waals surface area contributed by atoms with Crippen molar-refractivity contribution in [3.63, 3.8) is 0 Å². The van der Waals surface area contributed by atoms with Crippen LogP contribution in [0.4, 0.5) is 13.2 Å². The fraction of sp³-hybridized carbons (Fsp3) is 0.632. The standard InChI is InChI=1S/C19H29F3N4O.HI/c1-14(2)12-24-18(23-3)25-13-17(26-8-10-27-11-9-26)15-4-6-16(7-5-15)19(20,21)22;/h4-7,14,17H,8-13H2,1-3H3,(H2,23,24,25);1H. The Hall–Kier alpha value is -1.07. The largest absolute Gasteiger partial charge is 0.416 e. The maximum absolute atomic E-state index is 12.9. The van der Waals surface area contributed by atoms with Gasteiger partial charge in [-0.05, 0) is 23.6 Å². The average Bonchev–Trinajstić information content (AvgIpc) is 2.64. The summed E-state index contributed by atoms with van der Waals surface area (Å²) in [6.45, 7) is 8.29. The summed E-state index contributed by atoms with van der Waals surface area (Å²) in [7, 11) is 1.71. The van der Waals surface area contributed by atoms with E-state index in [9.17, 15) is 13.2 Å². The number of alkyl halides is 3. The van der Waals surface area contributed by atoms with Crippen LogP contribution in [0, 0.1) is 5.92 Å². The minimum atomic E-state index is -4.33. The molecule has 1 heterocycles. The molecule has 2 rings (SSSR count). The van der Waals surface area contributed by atoms with E-state index in [-0.39, 0.29) is 30.0 Å². The molecule has 1 unspecified atom stereocenters. The van der Waals surface area contributed by atoms with E-state index in [0.717, 1.165) is 37.3 Å². The molecule has 2 N–H and O–H groups in total. The number of ether oxygens (including phenoxy) is 1. The van der Waals surface area contributed by atoms with Gasteiger partial charge in [0.05, 0.1) is 24.8 Å². The van der Waals surface area contributed by atoms with Gasteiger partial charge in [-0.25, -0.2) is 0 Å². The van der Waals surface area contributed by atoms with Crippen molar-refractivity contribution in [3.8, 4) is 0 Å². The highest BCUT2D eigenvalue weighted by molar-refractivity contribution is 14.0. The van der Waals surface area contributed by atoms with Gasteiger partial charge in [-0.2, -0.15) is 13.2 Å². The van der Waals surface area contributed by atoms with Crippen molar-refractivity contribution in [1.82, 2.24) is 15.5 Å². The SMILES string of the molecule is CN=C(NCC(C)C)NCC(c1ccc(C(F)(F)F)cc1)N1CCOCC1.I. The summed E-state index contributed by atoms with van der Waals surface area (Å²) in [4.78, 5) is 6.45. The molecule has 1 aliphatic rings. The number of aliphatic imine (C=N–C) groups is 1. The number of guanidine groups is 1. The Morgan fingerprint density at radius 3 is 2.18 bits per heavy atom. The minimum Gasteiger partial charge on any atom is -0.379 e. The number of hydrogen-bond donors (Lipinski definition) is 2. The van der Waals surface area contributed by atoms with Crippen LogP contribution in [0.3, 0.4) is 0 Å². The molecule has 0 saturated carbocycles. The Labute approximate surface area is 182 Å². The zero-order valence-electron chi connectivity index (χ0n) is 16.6. The summed E-state index contributed by atoms with van der Waals surface area (Å²) in [6, 6.07) is 5.36. The summed E-state index contributed by atoms with van der Waals surface area (Å²) in [5, 5.41) is 6.55. The lowest BCUT2D eigenvalue weighted by Gasteiger charge is -2.35. The summed E-state index contributed by atoms with van der Waals surface area (Å²) >= 11 is 0. The van der Waals surface area contributed by atoms with Gasteiger partial charge in [-0.15, -0.1) is 24.0 Å². The lowest BCUT2D eigenvalue weighted by atomic mass is 10.0. The average molecular weight is 514 g/mol. The highest BCUT2D eigenvalue weighted by atomic mass is 127. The van der Waals surface area contributed by atoms with Gasteiger partial charge in [0.2, 0.25) is 0 Å². The molecule has 1 aromatic rings. The molecule has 9 heteroatoms. The zero-order valence-corrected chi connectivity index (χ0v) is 18.9. The van der Waals surface area contributed by atoms with E-state index in [1.807, 2.05) is 0 Å². The third-order valence-corrected chi connectivity index (χ3v) is 4.47. The topological polar surface area (TPSA) is 48.9 Å². The quantitative estimate of drug-likeness (QED) is 0.347. The molecule has 0 aliphatic carbocycles. The van der Waals surface area contributed by atoms with Gasteiger partial charge in [0.15, 0.2) is 5.96 Å². The first-order valence-electron chi connectivity index (χ1n) is 9.24. The van der Waals surface area contributed by atoms with Crippen LogP contribution in [-0.2, 0) is 10.9 Å². The Bertz CT molecular complexity index is 602. The number of nitrogens with one attached hydrogen (secondary N) is 2. The predicted octanol–water partition coefficient (Wildman–Crippen LogP) is 3.52. The molecule has 0 amide bonds. The van der Waals surface area contributed by atoms with Gasteiger partial charge >= 0.3 is 6.18 Å². The lowest BCUT2D eigenvalue weighted by Crippen LogP contribution is -2.46. The Kier molecular flexibility index (Phi) is 10.5. The van der Waals surface area contributed by atoms with Crippen LogP contribution in [0.5, 0.6) is 0 Å². The predicted molar refractivity (Wildman–Crippen MR) is 116 cm³/mol. The van der Waals surface area contributed by atoms with E-state index in [1.165, 1.54) is 0 Å². The first-order valence-corrected chi connectivity index (χ1v) is 9.24. The highest BCUT2D eigenvalue weighted by Gasteiger charge is 2.31. The van der Waals surface area contributed by atoms with Crippen molar-refractivity contribution in [3.05, 3.63) is 35.4 Å². The molecule has 28 heavy (non-hydrogen) atoms. The number of halogens is 4. The zero-order chi connectivity index (χ0) is 19.9. The molecule has 5 nitrogen and oxygen atoms in total. The minimum absolute atomic E-state index is 0. The summed E-state index contributed by atoms with van der Waals surface area (Å²) < 4.78 is 44.0. The van der Waals surface area contributed by atoms with E-state index in [0.29, 0.717) is 31.6 Å². The van der Waals surface area contributed by atoms with E-state index < -0.39 is 11.7 Å². The van der Waals surface area contributed by atoms with E-state index in [1.54, 1.807) is 19.2 Å². The van der Waals surface area contributed by atoms with Crippen LogP contribution in [-0.4, -0.2) is 57.3 Å². The normalized spacial score (nSPS) is 17.2. The number of nitrogens with zero attached hydrogens (tertiary/aromatic N) is 2. The molecule has 0 bridgehead atoms. The van der Waals surface area contributed by atoms with Crippen molar-refractivity contribution >= 4 is 29.9 Å². The van der Waals surface area contributed by atoms with Gasteiger partial charge in [-0.3, -0.25) is 9.89 Å². The molecule has 160 valence electrons. The maximum atomic E-state index is 12.9. The first-order chi connectivity index (χ1) is 12.8. The van der Waals surface area contributed by atoms with Crippen molar-refractivity contribution in [2.24, 2.45) is 10.9 Å². The van der Waals surface area contributed by atoms with Gasteiger partial charge in [0, 0.05) is 33.2 Å². The molecule has 0 radical (unpaired) electrons. The van der Waals surface area contributed by atoms with Gasteiger partial charge < -0.3 is 15.4 Å². The van der Waals surface area contributed by atoms with Crippen molar-refractivity contribution in [2.45, 2.75) is 26.1 Å². The van der Waals surface area contributed by atoms with Crippen LogP contribution in [0.25, 0.3) is 0 Å². The third kappa shape index (κ3) is 7.75. The van der Waals surface area contributed by atoms with Crippen LogP contribution >= 0.6 is 24.0 Å². The van der Waals surface area contributed by atoms with Crippen molar-refractivity contribution < 1.29 is 17.9 Å². The molecule has 1 aliphatic heterocycles. The monoisotopic (exact) mass is 514 g/mol. The van der Waals surface area contributed by atoms with E-state index in [4.69, 9.17) is 4.74 Å². The molecule has 1 atom stereocenters. The summed E-state index contributed by atoms with van der Waals surface area (Å²) in [5.41, 5.74) is 0.214. The first kappa shape index (κ1) is 25.0. The molecular weight excluding hydrogens is 484 g/mol. The summed E-state index contributed by atoms with van der Waals surface area (Å²) in [6.07, 6.45) is -4.33.